The monoisotopic (exact) mass is 310 g/mol. The SMILES string of the molecule is CC(N)Cc1ccc(N2CCC(C)(C)C2)c(Br)c1. The minimum absolute atomic E-state index is 0.216. The fourth-order valence-electron chi connectivity index (χ4n) is 2.62. The quantitative estimate of drug-likeness (QED) is 0.924. The number of nitrogens with two attached hydrogens (primary N) is 1. The van der Waals surface area contributed by atoms with Crippen LogP contribution in [0.2, 0.25) is 0 Å². The lowest BCUT2D eigenvalue weighted by atomic mass is 9.93. The van der Waals surface area contributed by atoms with E-state index in [9.17, 15) is 0 Å². The molecule has 0 amide bonds. The zero-order chi connectivity index (χ0) is 13.3. The average molecular weight is 311 g/mol. The largest absolute Gasteiger partial charge is 0.370 e. The highest BCUT2D eigenvalue weighted by atomic mass is 79.9. The van der Waals surface area contributed by atoms with Crippen LogP contribution in [0.25, 0.3) is 0 Å². The van der Waals surface area contributed by atoms with E-state index in [1.165, 1.54) is 22.1 Å². The topological polar surface area (TPSA) is 29.3 Å². The zero-order valence-corrected chi connectivity index (χ0v) is 13.1. The maximum absolute atomic E-state index is 5.84. The van der Waals surface area contributed by atoms with Crippen molar-refractivity contribution in [2.75, 3.05) is 18.0 Å². The van der Waals surface area contributed by atoms with Gasteiger partial charge in [0, 0.05) is 23.6 Å². The van der Waals surface area contributed by atoms with E-state index in [-0.39, 0.29) is 6.04 Å². The van der Waals surface area contributed by atoms with Crippen LogP contribution in [0.15, 0.2) is 22.7 Å². The van der Waals surface area contributed by atoms with Crippen molar-refractivity contribution in [1.29, 1.82) is 0 Å². The van der Waals surface area contributed by atoms with Crippen molar-refractivity contribution in [2.45, 2.75) is 39.7 Å². The van der Waals surface area contributed by atoms with Crippen molar-refractivity contribution in [3.05, 3.63) is 28.2 Å². The van der Waals surface area contributed by atoms with Crippen LogP contribution in [-0.2, 0) is 6.42 Å². The minimum Gasteiger partial charge on any atom is -0.370 e. The molecule has 0 saturated carbocycles. The third kappa shape index (κ3) is 3.27. The molecule has 1 saturated heterocycles. The third-order valence-electron chi connectivity index (χ3n) is 3.59. The van der Waals surface area contributed by atoms with E-state index < -0.39 is 0 Å². The molecule has 1 aliphatic heterocycles. The second-order valence-electron chi connectivity index (χ2n) is 6.30. The minimum atomic E-state index is 0.216. The standard InChI is InChI=1S/C15H23BrN2/c1-11(17)8-12-4-5-14(13(16)9-12)18-7-6-15(2,3)10-18/h4-5,9,11H,6-8,10,17H2,1-3H3. The third-order valence-corrected chi connectivity index (χ3v) is 4.22. The van der Waals surface area contributed by atoms with Gasteiger partial charge in [-0.2, -0.15) is 0 Å². The molecular weight excluding hydrogens is 288 g/mol. The van der Waals surface area contributed by atoms with Gasteiger partial charge in [0.1, 0.15) is 0 Å². The second kappa shape index (κ2) is 5.22. The van der Waals surface area contributed by atoms with E-state index >= 15 is 0 Å². The molecule has 1 unspecified atom stereocenters. The highest BCUT2D eigenvalue weighted by Gasteiger charge is 2.29. The van der Waals surface area contributed by atoms with Gasteiger partial charge in [0.2, 0.25) is 0 Å². The van der Waals surface area contributed by atoms with Crippen molar-refractivity contribution in [1.82, 2.24) is 0 Å². The molecule has 2 N–H and O–H groups in total. The number of hydrogen-bond acceptors (Lipinski definition) is 2. The Bertz CT molecular complexity index is 427. The molecule has 1 atom stereocenters. The first kappa shape index (κ1) is 13.9. The summed E-state index contributed by atoms with van der Waals surface area (Å²) in [6, 6.07) is 6.86. The molecule has 2 nitrogen and oxygen atoms in total. The highest BCUT2D eigenvalue weighted by molar-refractivity contribution is 9.10. The van der Waals surface area contributed by atoms with Crippen LogP contribution in [-0.4, -0.2) is 19.1 Å². The molecule has 0 bridgehead atoms. The Labute approximate surface area is 119 Å². The summed E-state index contributed by atoms with van der Waals surface area (Å²) in [5.74, 6) is 0. The zero-order valence-electron chi connectivity index (χ0n) is 11.5. The molecule has 0 aliphatic carbocycles. The summed E-state index contributed by atoms with van der Waals surface area (Å²) in [6.45, 7) is 9.01. The van der Waals surface area contributed by atoms with Crippen LogP contribution in [0.1, 0.15) is 32.8 Å². The predicted octanol–water partition coefficient (Wildman–Crippen LogP) is 3.58. The van der Waals surface area contributed by atoms with Gasteiger partial charge < -0.3 is 10.6 Å². The fraction of sp³-hybridized carbons (Fsp3) is 0.600. The molecular formula is C15H23BrN2. The number of halogens is 1. The van der Waals surface area contributed by atoms with Gasteiger partial charge in [0.25, 0.3) is 0 Å². The molecule has 1 heterocycles. The molecule has 0 radical (unpaired) electrons. The first-order valence-corrected chi connectivity index (χ1v) is 7.46. The Balaban J connectivity index is 2.15. The van der Waals surface area contributed by atoms with Crippen LogP contribution in [0.5, 0.6) is 0 Å². The van der Waals surface area contributed by atoms with Gasteiger partial charge in [0.15, 0.2) is 0 Å². The predicted molar refractivity (Wildman–Crippen MR) is 82.1 cm³/mol. The van der Waals surface area contributed by atoms with Crippen LogP contribution >= 0.6 is 15.9 Å². The van der Waals surface area contributed by atoms with E-state index in [0.717, 1.165) is 19.5 Å². The van der Waals surface area contributed by atoms with Crippen molar-refractivity contribution in [3.63, 3.8) is 0 Å². The Morgan fingerprint density at radius 2 is 2.17 bits per heavy atom. The van der Waals surface area contributed by atoms with Gasteiger partial charge in [-0.25, -0.2) is 0 Å². The molecule has 1 aliphatic rings. The van der Waals surface area contributed by atoms with Crippen molar-refractivity contribution in [2.24, 2.45) is 11.1 Å². The van der Waals surface area contributed by atoms with Crippen LogP contribution in [0, 0.1) is 5.41 Å². The van der Waals surface area contributed by atoms with E-state index in [1.54, 1.807) is 0 Å². The Hall–Kier alpha value is -0.540. The smallest absolute Gasteiger partial charge is 0.0511 e. The van der Waals surface area contributed by atoms with Crippen LogP contribution in [0.3, 0.4) is 0 Å². The summed E-state index contributed by atoms with van der Waals surface area (Å²) >= 11 is 3.70. The average Bonchev–Trinajstić information content (AvgIpc) is 2.58. The van der Waals surface area contributed by atoms with E-state index in [1.807, 2.05) is 6.92 Å². The molecule has 1 fully saturated rings. The number of nitrogens with zero attached hydrogens (tertiary/aromatic N) is 1. The van der Waals surface area contributed by atoms with Crippen LogP contribution in [0.4, 0.5) is 5.69 Å². The summed E-state index contributed by atoms with van der Waals surface area (Å²) in [7, 11) is 0. The summed E-state index contributed by atoms with van der Waals surface area (Å²) in [6.07, 6.45) is 2.20. The number of anilines is 1. The molecule has 18 heavy (non-hydrogen) atoms. The van der Waals surface area contributed by atoms with E-state index in [4.69, 9.17) is 5.73 Å². The number of rotatable bonds is 3. The van der Waals surface area contributed by atoms with Crippen LogP contribution < -0.4 is 10.6 Å². The Kier molecular flexibility index (Phi) is 4.02. The Morgan fingerprint density at radius 3 is 2.67 bits per heavy atom. The molecule has 100 valence electrons. The Morgan fingerprint density at radius 1 is 1.44 bits per heavy atom. The lowest BCUT2D eigenvalue weighted by Crippen LogP contribution is -2.23. The van der Waals surface area contributed by atoms with Gasteiger partial charge in [-0.15, -0.1) is 0 Å². The van der Waals surface area contributed by atoms with Crippen molar-refractivity contribution >= 4 is 21.6 Å². The summed E-state index contributed by atoms with van der Waals surface area (Å²) in [5, 5.41) is 0. The molecule has 2 rings (SSSR count). The molecule has 3 heteroatoms. The number of benzene rings is 1. The summed E-state index contributed by atoms with van der Waals surface area (Å²) in [5.41, 5.74) is 8.90. The summed E-state index contributed by atoms with van der Waals surface area (Å²) in [4.78, 5) is 2.47. The fourth-order valence-corrected chi connectivity index (χ4v) is 3.30. The lowest BCUT2D eigenvalue weighted by Gasteiger charge is -2.23. The van der Waals surface area contributed by atoms with Gasteiger partial charge in [-0.3, -0.25) is 0 Å². The van der Waals surface area contributed by atoms with Gasteiger partial charge in [-0.1, -0.05) is 19.9 Å². The second-order valence-corrected chi connectivity index (χ2v) is 7.16. The molecule has 0 spiro atoms. The molecule has 0 aromatic heterocycles. The highest BCUT2D eigenvalue weighted by Crippen LogP contribution is 2.36. The maximum Gasteiger partial charge on any atom is 0.0511 e. The van der Waals surface area contributed by atoms with Crippen molar-refractivity contribution < 1.29 is 0 Å². The van der Waals surface area contributed by atoms with Gasteiger partial charge >= 0.3 is 0 Å². The van der Waals surface area contributed by atoms with E-state index in [0.29, 0.717) is 5.41 Å². The van der Waals surface area contributed by atoms with Gasteiger partial charge in [0.05, 0.1) is 5.69 Å². The first-order chi connectivity index (χ1) is 8.37. The normalized spacial score (nSPS) is 20.2. The van der Waals surface area contributed by atoms with Gasteiger partial charge in [-0.05, 0) is 58.8 Å². The van der Waals surface area contributed by atoms with E-state index in [2.05, 4.69) is 52.9 Å². The molecule has 1 aromatic rings. The maximum atomic E-state index is 5.84. The molecule has 1 aromatic carbocycles. The van der Waals surface area contributed by atoms with Crippen molar-refractivity contribution in [3.8, 4) is 0 Å². The lowest BCUT2D eigenvalue weighted by molar-refractivity contribution is 0.418. The summed E-state index contributed by atoms with van der Waals surface area (Å²) < 4.78 is 1.19. The number of hydrogen-bond donors (Lipinski definition) is 1. The first-order valence-electron chi connectivity index (χ1n) is 6.66.